The van der Waals surface area contributed by atoms with E-state index in [-0.39, 0.29) is 31.1 Å². The number of nitrogens with one attached hydrogen (secondary N) is 1. The van der Waals surface area contributed by atoms with Crippen LogP contribution in [0.1, 0.15) is 30.0 Å². The highest BCUT2D eigenvalue weighted by molar-refractivity contribution is 5.89. The van der Waals surface area contributed by atoms with Crippen LogP contribution in [0.25, 0.3) is 0 Å². The van der Waals surface area contributed by atoms with Gasteiger partial charge >= 0.3 is 0 Å². The van der Waals surface area contributed by atoms with E-state index >= 15 is 0 Å². The average molecular weight is 459 g/mol. The van der Waals surface area contributed by atoms with Crippen LogP contribution >= 0.6 is 0 Å². The summed E-state index contributed by atoms with van der Waals surface area (Å²) < 4.78 is 11.4. The van der Waals surface area contributed by atoms with Crippen molar-refractivity contribution in [3.05, 3.63) is 102 Å². The van der Waals surface area contributed by atoms with Gasteiger partial charge in [-0.1, -0.05) is 78.9 Å². The highest BCUT2D eigenvalue weighted by Gasteiger charge is 2.32. The SMILES string of the molecule is O=C(NC[C@@H]1CCCO1)[C@H](c1ccccc1)N(Cc1ccccc1)C(=O)COc1ccccc1. The first-order chi connectivity index (χ1) is 16.7. The van der Waals surface area contributed by atoms with E-state index in [1.165, 1.54) is 0 Å². The van der Waals surface area contributed by atoms with Crippen molar-refractivity contribution in [3.8, 4) is 5.75 Å². The molecule has 0 radical (unpaired) electrons. The van der Waals surface area contributed by atoms with Crippen molar-refractivity contribution in [1.82, 2.24) is 10.2 Å². The van der Waals surface area contributed by atoms with E-state index in [2.05, 4.69) is 5.32 Å². The van der Waals surface area contributed by atoms with Crippen LogP contribution in [0.5, 0.6) is 5.75 Å². The third-order valence-electron chi connectivity index (χ3n) is 5.82. The molecule has 1 N–H and O–H groups in total. The fraction of sp³-hybridized carbons (Fsp3) is 0.286. The molecule has 2 amide bonds. The molecule has 1 saturated heterocycles. The summed E-state index contributed by atoms with van der Waals surface area (Å²) in [5.74, 6) is 0.106. The van der Waals surface area contributed by atoms with Crippen LogP contribution < -0.4 is 10.1 Å². The van der Waals surface area contributed by atoms with Gasteiger partial charge in [-0.2, -0.15) is 0 Å². The van der Waals surface area contributed by atoms with Crippen molar-refractivity contribution in [3.63, 3.8) is 0 Å². The van der Waals surface area contributed by atoms with Gasteiger partial charge in [-0.3, -0.25) is 9.59 Å². The second kappa shape index (κ2) is 12.0. The summed E-state index contributed by atoms with van der Waals surface area (Å²) in [7, 11) is 0. The maximum Gasteiger partial charge on any atom is 0.261 e. The standard InChI is InChI=1S/C28H30N2O4/c31-26(21-34-24-15-8-3-9-16-24)30(20-22-11-4-1-5-12-22)27(23-13-6-2-7-14-23)28(32)29-19-25-17-10-18-33-25/h1-9,11-16,25,27H,10,17-21H2,(H,29,32)/t25-,27-/m0/s1. The Morgan fingerprint density at radius 2 is 1.59 bits per heavy atom. The Morgan fingerprint density at radius 1 is 0.941 bits per heavy atom. The number of carbonyl (C=O) groups excluding carboxylic acids is 2. The lowest BCUT2D eigenvalue weighted by Crippen LogP contribution is -2.46. The summed E-state index contributed by atoms with van der Waals surface area (Å²) in [6.07, 6.45) is 1.94. The van der Waals surface area contributed by atoms with Crippen molar-refractivity contribution >= 4 is 11.8 Å². The second-order valence-electron chi connectivity index (χ2n) is 8.30. The molecule has 0 aliphatic carbocycles. The van der Waals surface area contributed by atoms with Crippen molar-refractivity contribution in [2.24, 2.45) is 0 Å². The molecule has 0 saturated carbocycles. The van der Waals surface area contributed by atoms with E-state index in [9.17, 15) is 9.59 Å². The lowest BCUT2D eigenvalue weighted by atomic mass is 10.0. The van der Waals surface area contributed by atoms with Crippen LogP contribution in [0.3, 0.4) is 0 Å². The van der Waals surface area contributed by atoms with Gasteiger partial charge in [0.2, 0.25) is 5.91 Å². The molecule has 3 aromatic rings. The number of hydrogen-bond donors (Lipinski definition) is 1. The molecule has 2 atom stereocenters. The van der Waals surface area contributed by atoms with Gasteiger partial charge in [0.25, 0.3) is 5.91 Å². The van der Waals surface area contributed by atoms with E-state index < -0.39 is 6.04 Å². The number of carbonyl (C=O) groups is 2. The van der Waals surface area contributed by atoms with Crippen LogP contribution in [0.15, 0.2) is 91.0 Å². The molecule has 4 rings (SSSR count). The summed E-state index contributed by atoms with van der Waals surface area (Å²) in [5, 5.41) is 3.02. The number of ether oxygens (including phenoxy) is 2. The van der Waals surface area contributed by atoms with Gasteiger partial charge in [-0.05, 0) is 36.1 Å². The first-order valence-electron chi connectivity index (χ1n) is 11.7. The lowest BCUT2D eigenvalue weighted by molar-refractivity contribution is -0.143. The van der Waals surface area contributed by atoms with Crippen LogP contribution in [-0.2, 0) is 20.9 Å². The highest BCUT2D eigenvalue weighted by atomic mass is 16.5. The van der Waals surface area contributed by atoms with Crippen molar-refractivity contribution < 1.29 is 19.1 Å². The number of hydrogen-bond acceptors (Lipinski definition) is 4. The Bertz CT molecular complexity index is 1040. The Hall–Kier alpha value is -3.64. The molecular formula is C28H30N2O4. The van der Waals surface area contributed by atoms with E-state index in [1.54, 1.807) is 17.0 Å². The average Bonchev–Trinajstić information content (AvgIpc) is 3.41. The third-order valence-corrected chi connectivity index (χ3v) is 5.82. The number of nitrogens with zero attached hydrogens (tertiary/aromatic N) is 1. The smallest absolute Gasteiger partial charge is 0.261 e. The first-order valence-corrected chi connectivity index (χ1v) is 11.7. The van der Waals surface area contributed by atoms with Gasteiger partial charge in [-0.15, -0.1) is 0 Å². The maximum atomic E-state index is 13.5. The predicted molar refractivity (Wildman–Crippen MR) is 130 cm³/mol. The lowest BCUT2D eigenvalue weighted by Gasteiger charge is -2.32. The Labute approximate surface area is 200 Å². The van der Waals surface area contributed by atoms with Gasteiger partial charge in [-0.25, -0.2) is 0 Å². The minimum absolute atomic E-state index is 0.0139. The van der Waals surface area contributed by atoms with Crippen molar-refractivity contribution in [1.29, 1.82) is 0 Å². The van der Waals surface area contributed by atoms with Crippen molar-refractivity contribution in [2.45, 2.75) is 31.5 Å². The van der Waals surface area contributed by atoms with E-state index in [4.69, 9.17) is 9.47 Å². The Kier molecular flexibility index (Phi) is 8.30. The van der Waals surface area contributed by atoms with Gasteiger partial charge < -0.3 is 19.7 Å². The maximum absolute atomic E-state index is 13.5. The molecule has 176 valence electrons. The van der Waals surface area contributed by atoms with Crippen LogP contribution in [-0.4, -0.2) is 42.6 Å². The highest BCUT2D eigenvalue weighted by Crippen LogP contribution is 2.25. The second-order valence-corrected chi connectivity index (χ2v) is 8.30. The molecule has 0 unspecified atom stereocenters. The molecule has 1 aliphatic rings. The third kappa shape index (κ3) is 6.45. The molecule has 6 nitrogen and oxygen atoms in total. The molecule has 3 aromatic carbocycles. The van der Waals surface area contributed by atoms with Crippen LogP contribution in [0, 0.1) is 0 Å². The molecule has 1 fully saturated rings. The number of para-hydroxylation sites is 1. The summed E-state index contributed by atoms with van der Waals surface area (Å²) in [4.78, 5) is 28.6. The number of benzene rings is 3. The van der Waals surface area contributed by atoms with Gasteiger partial charge in [0.05, 0.1) is 6.10 Å². The summed E-state index contributed by atoms with van der Waals surface area (Å²) in [6.45, 7) is 1.26. The summed E-state index contributed by atoms with van der Waals surface area (Å²) in [5.41, 5.74) is 1.68. The largest absolute Gasteiger partial charge is 0.484 e. The Morgan fingerprint density at radius 3 is 2.24 bits per heavy atom. The van der Waals surface area contributed by atoms with Gasteiger partial charge in [0, 0.05) is 19.7 Å². The number of rotatable bonds is 10. The predicted octanol–water partition coefficient (Wildman–Crippen LogP) is 4.13. The molecule has 1 heterocycles. The zero-order valence-electron chi connectivity index (χ0n) is 19.1. The quantitative estimate of drug-likeness (QED) is 0.496. The van der Waals surface area contributed by atoms with Crippen LogP contribution in [0.4, 0.5) is 0 Å². The summed E-state index contributed by atoms with van der Waals surface area (Å²) in [6, 6.07) is 27.5. The fourth-order valence-electron chi connectivity index (χ4n) is 4.07. The minimum atomic E-state index is -0.797. The zero-order valence-corrected chi connectivity index (χ0v) is 19.1. The van der Waals surface area contributed by atoms with Gasteiger partial charge in [0.1, 0.15) is 11.8 Å². The normalized spacial score (nSPS) is 15.9. The molecule has 0 bridgehead atoms. The van der Waals surface area contributed by atoms with Gasteiger partial charge in [0.15, 0.2) is 6.61 Å². The molecule has 6 heteroatoms. The first kappa shape index (κ1) is 23.5. The fourth-order valence-corrected chi connectivity index (χ4v) is 4.07. The molecule has 34 heavy (non-hydrogen) atoms. The molecule has 0 spiro atoms. The molecular weight excluding hydrogens is 428 g/mol. The summed E-state index contributed by atoms with van der Waals surface area (Å²) >= 11 is 0. The minimum Gasteiger partial charge on any atom is -0.484 e. The molecule has 0 aromatic heterocycles. The van der Waals surface area contributed by atoms with E-state index in [1.807, 2.05) is 78.9 Å². The van der Waals surface area contributed by atoms with E-state index in [0.29, 0.717) is 12.3 Å². The monoisotopic (exact) mass is 458 g/mol. The van der Waals surface area contributed by atoms with Crippen LogP contribution in [0.2, 0.25) is 0 Å². The van der Waals surface area contributed by atoms with Crippen molar-refractivity contribution in [2.75, 3.05) is 19.8 Å². The topological polar surface area (TPSA) is 67.9 Å². The zero-order chi connectivity index (χ0) is 23.6. The number of amides is 2. The van der Waals surface area contributed by atoms with E-state index in [0.717, 1.165) is 30.6 Å². The Balaban J connectivity index is 1.58. The molecule has 1 aliphatic heterocycles.